The topological polar surface area (TPSA) is 12.4 Å². The Morgan fingerprint density at radius 1 is 1.25 bits per heavy atom. The first-order valence-corrected chi connectivity index (χ1v) is 4.43. The van der Waals surface area contributed by atoms with Crippen molar-refractivity contribution in [2.24, 2.45) is 10.9 Å². The Balaban J connectivity index is 2.35. The van der Waals surface area contributed by atoms with Crippen LogP contribution in [0.25, 0.3) is 0 Å². The van der Waals surface area contributed by atoms with Gasteiger partial charge in [0.15, 0.2) is 0 Å². The number of nitrogens with zero attached hydrogens (tertiary/aromatic N) is 1. The van der Waals surface area contributed by atoms with Gasteiger partial charge in [-0.05, 0) is 17.6 Å². The second-order valence-electron chi connectivity index (χ2n) is 3.56. The first-order chi connectivity index (χ1) is 5.77. The fraction of sp³-hybridized carbons (Fsp3) is 0.300. The Morgan fingerprint density at radius 2 is 2.00 bits per heavy atom. The van der Waals surface area contributed by atoms with Crippen LogP contribution in [0.1, 0.15) is 13.8 Å². The molecular weight excluding hydrogens is 145 g/mol. The lowest BCUT2D eigenvalue weighted by Crippen LogP contribution is -2.21. The van der Waals surface area contributed by atoms with Crippen LogP contribution in [0.3, 0.4) is 0 Å². The van der Waals surface area contributed by atoms with E-state index in [0.717, 1.165) is 7.28 Å². The predicted molar refractivity (Wildman–Crippen MR) is 55.2 cm³/mol. The van der Waals surface area contributed by atoms with E-state index in [4.69, 9.17) is 0 Å². The van der Waals surface area contributed by atoms with E-state index in [-0.39, 0.29) is 0 Å². The molecule has 2 heteroatoms. The molecule has 0 unspecified atom stereocenters. The molecule has 1 aliphatic heterocycles. The Kier molecular flexibility index (Phi) is 1.76. The van der Waals surface area contributed by atoms with Gasteiger partial charge in [-0.15, -0.1) is 0 Å². The molecule has 0 aliphatic carbocycles. The van der Waals surface area contributed by atoms with Gasteiger partial charge in [0.1, 0.15) is 0 Å². The third-order valence-electron chi connectivity index (χ3n) is 2.29. The lowest BCUT2D eigenvalue weighted by atomic mass is 9.64. The Labute approximate surface area is 73.8 Å². The molecule has 0 saturated carbocycles. The standard InChI is InChI=1S/C10H12BN/c1-7(2)10-11-8-5-3-4-6-9(8)12-10/h3-7,11H,1-2H3. The minimum atomic E-state index is 0.581. The van der Waals surface area contributed by atoms with Crippen LogP contribution in [0.5, 0.6) is 0 Å². The number of benzene rings is 1. The van der Waals surface area contributed by atoms with Gasteiger partial charge in [-0.1, -0.05) is 37.5 Å². The van der Waals surface area contributed by atoms with E-state index in [1.165, 1.54) is 16.8 Å². The molecule has 60 valence electrons. The molecular formula is C10H12BN. The average molecular weight is 157 g/mol. The van der Waals surface area contributed by atoms with Crippen LogP contribution >= 0.6 is 0 Å². The smallest absolute Gasteiger partial charge is 0.214 e. The first kappa shape index (κ1) is 7.60. The summed E-state index contributed by atoms with van der Waals surface area (Å²) < 4.78 is 0. The lowest BCUT2D eigenvalue weighted by Gasteiger charge is -2.00. The van der Waals surface area contributed by atoms with Crippen molar-refractivity contribution in [1.82, 2.24) is 0 Å². The summed E-state index contributed by atoms with van der Waals surface area (Å²) in [6, 6.07) is 8.38. The monoisotopic (exact) mass is 157 g/mol. The van der Waals surface area contributed by atoms with Crippen LogP contribution in [-0.2, 0) is 0 Å². The van der Waals surface area contributed by atoms with Crippen molar-refractivity contribution in [3.63, 3.8) is 0 Å². The molecule has 2 rings (SSSR count). The highest BCUT2D eigenvalue weighted by molar-refractivity contribution is 6.88. The van der Waals surface area contributed by atoms with Crippen molar-refractivity contribution in [3.05, 3.63) is 24.3 Å². The maximum atomic E-state index is 4.57. The van der Waals surface area contributed by atoms with Gasteiger partial charge in [0.05, 0.1) is 5.69 Å². The third-order valence-corrected chi connectivity index (χ3v) is 2.29. The van der Waals surface area contributed by atoms with Crippen LogP contribution in [0.4, 0.5) is 5.69 Å². The van der Waals surface area contributed by atoms with E-state index in [9.17, 15) is 0 Å². The van der Waals surface area contributed by atoms with Crippen LogP contribution in [0.15, 0.2) is 29.3 Å². The minimum Gasteiger partial charge on any atom is -0.268 e. The van der Waals surface area contributed by atoms with Crippen LogP contribution in [0, 0.1) is 5.92 Å². The molecule has 0 N–H and O–H groups in total. The maximum absolute atomic E-state index is 4.57. The summed E-state index contributed by atoms with van der Waals surface area (Å²) in [6.45, 7) is 4.40. The van der Waals surface area contributed by atoms with Crippen molar-refractivity contribution in [3.8, 4) is 0 Å². The van der Waals surface area contributed by atoms with E-state index >= 15 is 0 Å². The SMILES string of the molecule is CC(C)C1=Nc2ccccc2B1. The average Bonchev–Trinajstić information content (AvgIpc) is 2.46. The number of rotatable bonds is 1. The van der Waals surface area contributed by atoms with Crippen LogP contribution < -0.4 is 5.46 Å². The number of aliphatic imine (C=N–C) groups is 1. The number of hydrogen-bond acceptors (Lipinski definition) is 1. The van der Waals surface area contributed by atoms with E-state index in [0.29, 0.717) is 5.92 Å². The van der Waals surface area contributed by atoms with Crippen LogP contribution in [0.2, 0.25) is 0 Å². The normalized spacial score (nSPS) is 14.1. The van der Waals surface area contributed by atoms with Gasteiger partial charge in [0, 0.05) is 0 Å². The molecule has 1 aromatic carbocycles. The molecule has 0 fully saturated rings. The zero-order valence-electron chi connectivity index (χ0n) is 7.54. The van der Waals surface area contributed by atoms with Crippen molar-refractivity contribution in [1.29, 1.82) is 0 Å². The summed E-state index contributed by atoms with van der Waals surface area (Å²) in [5.41, 5.74) is 3.86. The van der Waals surface area contributed by atoms with E-state index in [1.807, 2.05) is 6.07 Å². The quantitative estimate of drug-likeness (QED) is 0.547. The van der Waals surface area contributed by atoms with Gasteiger partial charge >= 0.3 is 0 Å². The fourth-order valence-electron chi connectivity index (χ4n) is 1.49. The largest absolute Gasteiger partial charge is 0.268 e. The number of para-hydroxylation sites is 1. The van der Waals surface area contributed by atoms with Gasteiger partial charge in [-0.3, -0.25) is 4.99 Å². The van der Waals surface area contributed by atoms with Crippen LogP contribution in [-0.4, -0.2) is 12.9 Å². The van der Waals surface area contributed by atoms with E-state index in [1.54, 1.807) is 0 Å². The molecule has 0 amide bonds. The van der Waals surface area contributed by atoms with Gasteiger partial charge in [-0.2, -0.15) is 0 Å². The second-order valence-corrected chi connectivity index (χ2v) is 3.56. The van der Waals surface area contributed by atoms with Crippen molar-refractivity contribution < 1.29 is 0 Å². The Morgan fingerprint density at radius 3 is 2.67 bits per heavy atom. The van der Waals surface area contributed by atoms with E-state index < -0.39 is 0 Å². The minimum absolute atomic E-state index is 0.581. The number of fused-ring (bicyclic) bond motifs is 1. The molecule has 0 saturated heterocycles. The molecule has 1 aromatic rings. The third kappa shape index (κ3) is 1.18. The highest BCUT2D eigenvalue weighted by atomic mass is 14.8. The first-order valence-electron chi connectivity index (χ1n) is 4.43. The molecule has 0 radical (unpaired) electrons. The molecule has 12 heavy (non-hydrogen) atoms. The summed E-state index contributed by atoms with van der Waals surface area (Å²) in [7, 11) is 1.05. The van der Waals surface area contributed by atoms with Crippen molar-refractivity contribution >= 4 is 24.0 Å². The molecule has 1 nitrogen and oxygen atoms in total. The number of hydrogen-bond donors (Lipinski definition) is 0. The second kappa shape index (κ2) is 2.78. The van der Waals surface area contributed by atoms with E-state index in [2.05, 4.69) is 37.0 Å². The molecule has 1 aliphatic rings. The highest BCUT2D eigenvalue weighted by Gasteiger charge is 2.17. The van der Waals surface area contributed by atoms with Gasteiger partial charge in [0.25, 0.3) is 0 Å². The summed E-state index contributed by atoms with van der Waals surface area (Å²) in [6.07, 6.45) is 0. The van der Waals surface area contributed by atoms with Crippen molar-refractivity contribution in [2.75, 3.05) is 0 Å². The lowest BCUT2D eigenvalue weighted by molar-refractivity contribution is 0.900. The molecule has 0 atom stereocenters. The maximum Gasteiger partial charge on any atom is 0.214 e. The molecule has 0 bridgehead atoms. The fourth-order valence-corrected chi connectivity index (χ4v) is 1.49. The predicted octanol–water partition coefficient (Wildman–Crippen LogP) is 1.45. The van der Waals surface area contributed by atoms with Gasteiger partial charge in [0.2, 0.25) is 7.28 Å². The van der Waals surface area contributed by atoms with Gasteiger partial charge < -0.3 is 0 Å². The Bertz CT molecular complexity index is 328. The van der Waals surface area contributed by atoms with Gasteiger partial charge in [-0.25, -0.2) is 0 Å². The highest BCUT2D eigenvalue weighted by Crippen LogP contribution is 2.15. The summed E-state index contributed by atoms with van der Waals surface area (Å²) in [5, 5.41) is 0. The Hall–Kier alpha value is -1.05. The van der Waals surface area contributed by atoms with Crippen molar-refractivity contribution in [2.45, 2.75) is 13.8 Å². The zero-order chi connectivity index (χ0) is 8.55. The summed E-state index contributed by atoms with van der Waals surface area (Å²) in [5.74, 6) is 0.581. The molecule has 0 aromatic heterocycles. The zero-order valence-corrected chi connectivity index (χ0v) is 7.54. The summed E-state index contributed by atoms with van der Waals surface area (Å²) >= 11 is 0. The molecule has 1 heterocycles. The molecule has 0 spiro atoms. The summed E-state index contributed by atoms with van der Waals surface area (Å²) in [4.78, 5) is 4.57.